The number of hydrogen-bond donors (Lipinski definition) is 2. The second-order valence-corrected chi connectivity index (χ2v) is 6.08. The molecule has 25 heavy (non-hydrogen) atoms. The maximum atomic E-state index is 13.6. The normalized spacial score (nSPS) is 17.0. The van der Waals surface area contributed by atoms with Gasteiger partial charge in [0.25, 0.3) is 0 Å². The van der Waals surface area contributed by atoms with Crippen LogP contribution in [0.25, 0.3) is 0 Å². The number of aliphatic imine (C=N–C) groups is 1. The fraction of sp³-hybridized carbons (Fsp3) is 0.611. The molecule has 0 aromatic heterocycles. The number of nitrogens with two attached hydrogens (primary N) is 1. The Morgan fingerprint density at radius 2 is 2.16 bits per heavy atom. The Kier molecular flexibility index (Phi) is 10.3. The van der Waals surface area contributed by atoms with E-state index in [0.717, 1.165) is 38.0 Å². The Morgan fingerprint density at radius 1 is 1.40 bits per heavy atom. The molecule has 0 radical (unpaired) electrons. The van der Waals surface area contributed by atoms with Gasteiger partial charge in [-0.2, -0.15) is 0 Å². The molecular weight excluding hydrogens is 436 g/mol. The third kappa shape index (κ3) is 7.07. The van der Waals surface area contributed by atoms with E-state index in [1.807, 2.05) is 13.0 Å². The fourth-order valence-electron chi connectivity index (χ4n) is 2.95. The second kappa shape index (κ2) is 11.6. The molecule has 142 valence electrons. The van der Waals surface area contributed by atoms with Crippen LogP contribution in [0.4, 0.5) is 4.39 Å². The monoisotopic (exact) mass is 465 g/mol. The number of ether oxygens (including phenoxy) is 2. The molecule has 1 heterocycles. The zero-order chi connectivity index (χ0) is 17.3. The van der Waals surface area contributed by atoms with Crippen molar-refractivity contribution in [1.29, 1.82) is 0 Å². The van der Waals surface area contributed by atoms with Gasteiger partial charge in [0, 0.05) is 38.4 Å². The summed E-state index contributed by atoms with van der Waals surface area (Å²) in [6.45, 7) is 5.99. The van der Waals surface area contributed by atoms with Crippen LogP contribution in [0.5, 0.6) is 0 Å². The SMILES string of the molecule is CCOCCCNC(N)=NCC1(c2cccc(F)c2)CCOCC1.I. The molecule has 2 rings (SSSR count). The van der Waals surface area contributed by atoms with Gasteiger partial charge in [-0.1, -0.05) is 12.1 Å². The number of benzene rings is 1. The average Bonchev–Trinajstić information content (AvgIpc) is 2.61. The van der Waals surface area contributed by atoms with E-state index in [1.54, 1.807) is 12.1 Å². The summed E-state index contributed by atoms with van der Waals surface area (Å²) in [5.41, 5.74) is 6.73. The van der Waals surface area contributed by atoms with E-state index < -0.39 is 0 Å². The molecule has 0 unspecified atom stereocenters. The van der Waals surface area contributed by atoms with E-state index in [1.165, 1.54) is 6.07 Å². The van der Waals surface area contributed by atoms with Gasteiger partial charge in [0.2, 0.25) is 0 Å². The molecule has 0 spiro atoms. The number of nitrogens with zero attached hydrogens (tertiary/aromatic N) is 1. The van der Waals surface area contributed by atoms with E-state index in [4.69, 9.17) is 15.2 Å². The number of rotatable bonds is 8. The molecule has 1 fully saturated rings. The maximum Gasteiger partial charge on any atom is 0.188 e. The molecule has 0 saturated carbocycles. The van der Waals surface area contributed by atoms with E-state index in [0.29, 0.717) is 32.3 Å². The Hall–Kier alpha value is -0.930. The van der Waals surface area contributed by atoms with Crippen LogP contribution in [0, 0.1) is 5.82 Å². The molecule has 0 amide bonds. The highest BCUT2D eigenvalue weighted by Gasteiger charge is 2.34. The molecule has 1 aromatic carbocycles. The van der Waals surface area contributed by atoms with Gasteiger partial charge in [-0.25, -0.2) is 4.39 Å². The first kappa shape index (κ1) is 22.1. The van der Waals surface area contributed by atoms with Crippen molar-refractivity contribution in [2.24, 2.45) is 10.7 Å². The molecule has 3 N–H and O–H groups in total. The molecule has 0 atom stereocenters. The van der Waals surface area contributed by atoms with Crippen molar-refractivity contribution in [2.45, 2.75) is 31.6 Å². The molecule has 0 bridgehead atoms. The van der Waals surface area contributed by atoms with Gasteiger partial charge in [0.05, 0.1) is 6.54 Å². The summed E-state index contributed by atoms with van der Waals surface area (Å²) < 4.78 is 24.4. The van der Waals surface area contributed by atoms with Crippen molar-refractivity contribution in [1.82, 2.24) is 5.32 Å². The summed E-state index contributed by atoms with van der Waals surface area (Å²) in [6.07, 6.45) is 2.52. The van der Waals surface area contributed by atoms with Crippen LogP contribution in [0.3, 0.4) is 0 Å². The van der Waals surface area contributed by atoms with Crippen LogP contribution in [0.1, 0.15) is 31.7 Å². The molecule has 7 heteroatoms. The summed E-state index contributed by atoms with van der Waals surface area (Å²) in [5, 5.41) is 3.10. The average molecular weight is 465 g/mol. The lowest BCUT2D eigenvalue weighted by molar-refractivity contribution is 0.0530. The lowest BCUT2D eigenvalue weighted by Gasteiger charge is -2.36. The van der Waals surface area contributed by atoms with Gasteiger partial charge >= 0.3 is 0 Å². The van der Waals surface area contributed by atoms with Gasteiger partial charge in [0.15, 0.2) is 5.96 Å². The highest BCUT2D eigenvalue weighted by molar-refractivity contribution is 14.0. The van der Waals surface area contributed by atoms with Crippen molar-refractivity contribution >= 4 is 29.9 Å². The molecular formula is C18H29FIN3O2. The lowest BCUT2D eigenvalue weighted by atomic mass is 9.74. The Labute approximate surface area is 166 Å². The zero-order valence-electron chi connectivity index (χ0n) is 14.8. The predicted octanol–water partition coefficient (Wildman–Crippen LogP) is 2.82. The number of halogens is 2. The summed E-state index contributed by atoms with van der Waals surface area (Å²) in [4.78, 5) is 4.51. The first-order chi connectivity index (χ1) is 11.7. The third-order valence-corrected chi connectivity index (χ3v) is 4.41. The standard InChI is InChI=1S/C18H28FN3O2.HI/c1-2-23-10-4-9-21-17(20)22-14-18(7-11-24-12-8-18)15-5-3-6-16(19)13-15;/h3,5-6,13H,2,4,7-12,14H2,1H3,(H3,20,21,22);1H. The van der Waals surface area contributed by atoms with Crippen LogP contribution in [-0.2, 0) is 14.9 Å². The quantitative estimate of drug-likeness (QED) is 0.268. The van der Waals surface area contributed by atoms with Crippen LogP contribution in [0.15, 0.2) is 29.3 Å². The second-order valence-electron chi connectivity index (χ2n) is 6.08. The van der Waals surface area contributed by atoms with Crippen LogP contribution in [0.2, 0.25) is 0 Å². The van der Waals surface area contributed by atoms with Crippen molar-refractivity contribution in [3.63, 3.8) is 0 Å². The van der Waals surface area contributed by atoms with E-state index in [9.17, 15) is 4.39 Å². The molecule has 5 nitrogen and oxygen atoms in total. The minimum atomic E-state index is -0.218. The van der Waals surface area contributed by atoms with Gasteiger partial charge in [-0.15, -0.1) is 24.0 Å². The summed E-state index contributed by atoms with van der Waals surface area (Å²) >= 11 is 0. The van der Waals surface area contributed by atoms with Crippen LogP contribution in [-0.4, -0.2) is 45.5 Å². The summed E-state index contributed by atoms with van der Waals surface area (Å²) in [5.74, 6) is 0.207. The van der Waals surface area contributed by atoms with Gasteiger partial charge in [-0.05, 0) is 43.9 Å². The topological polar surface area (TPSA) is 68.9 Å². The van der Waals surface area contributed by atoms with Crippen molar-refractivity contribution in [2.75, 3.05) is 39.5 Å². The van der Waals surface area contributed by atoms with Crippen molar-refractivity contribution in [3.8, 4) is 0 Å². The Balaban J connectivity index is 0.00000312. The van der Waals surface area contributed by atoms with Gasteiger partial charge < -0.3 is 20.5 Å². The largest absolute Gasteiger partial charge is 0.382 e. The molecule has 1 aromatic rings. The first-order valence-electron chi connectivity index (χ1n) is 8.61. The predicted molar refractivity (Wildman–Crippen MR) is 109 cm³/mol. The number of guanidine groups is 1. The fourth-order valence-corrected chi connectivity index (χ4v) is 2.95. The molecule has 1 aliphatic heterocycles. The Bertz CT molecular complexity index is 537. The van der Waals surface area contributed by atoms with E-state index in [-0.39, 0.29) is 35.2 Å². The van der Waals surface area contributed by atoms with Crippen molar-refractivity contribution in [3.05, 3.63) is 35.6 Å². The van der Waals surface area contributed by atoms with Gasteiger partial charge in [-0.3, -0.25) is 4.99 Å². The van der Waals surface area contributed by atoms with Gasteiger partial charge in [0.1, 0.15) is 5.82 Å². The number of hydrogen-bond acceptors (Lipinski definition) is 3. The molecule has 1 aliphatic rings. The number of nitrogens with one attached hydrogen (secondary N) is 1. The smallest absolute Gasteiger partial charge is 0.188 e. The minimum absolute atomic E-state index is 0. The molecule has 1 saturated heterocycles. The minimum Gasteiger partial charge on any atom is -0.382 e. The summed E-state index contributed by atoms with van der Waals surface area (Å²) in [6, 6.07) is 6.79. The highest BCUT2D eigenvalue weighted by Crippen LogP contribution is 2.35. The third-order valence-electron chi connectivity index (χ3n) is 4.41. The lowest BCUT2D eigenvalue weighted by Crippen LogP contribution is -2.39. The van der Waals surface area contributed by atoms with E-state index >= 15 is 0 Å². The molecule has 0 aliphatic carbocycles. The first-order valence-corrected chi connectivity index (χ1v) is 8.61. The zero-order valence-corrected chi connectivity index (χ0v) is 17.1. The maximum absolute atomic E-state index is 13.6. The van der Waals surface area contributed by atoms with E-state index in [2.05, 4.69) is 10.3 Å². The summed E-state index contributed by atoms with van der Waals surface area (Å²) in [7, 11) is 0. The van der Waals surface area contributed by atoms with Crippen LogP contribution >= 0.6 is 24.0 Å². The van der Waals surface area contributed by atoms with Crippen LogP contribution < -0.4 is 11.1 Å². The Morgan fingerprint density at radius 3 is 2.84 bits per heavy atom. The van der Waals surface area contributed by atoms with Crippen molar-refractivity contribution < 1.29 is 13.9 Å². The highest BCUT2D eigenvalue weighted by atomic mass is 127.